The van der Waals surface area contributed by atoms with Gasteiger partial charge in [-0.25, -0.2) is 0 Å². The third kappa shape index (κ3) is 2.02. The molecule has 2 fully saturated rings. The number of hydrogen-bond acceptors (Lipinski definition) is 3. The fourth-order valence-electron chi connectivity index (χ4n) is 2.40. The second-order valence-corrected chi connectivity index (χ2v) is 5.87. The Balaban J connectivity index is 1.93. The van der Waals surface area contributed by atoms with Gasteiger partial charge in [0, 0.05) is 11.3 Å². The van der Waals surface area contributed by atoms with Crippen LogP contribution in [0.25, 0.3) is 0 Å². The summed E-state index contributed by atoms with van der Waals surface area (Å²) in [5.41, 5.74) is 0. The van der Waals surface area contributed by atoms with Gasteiger partial charge in [0.05, 0.1) is 12.7 Å². The monoisotopic (exact) mass is 228 g/mol. The summed E-state index contributed by atoms with van der Waals surface area (Å²) in [7, 11) is 0. The number of amides is 1. The van der Waals surface area contributed by atoms with Crippen LogP contribution in [-0.4, -0.2) is 41.1 Å². The van der Waals surface area contributed by atoms with Crippen molar-refractivity contribution in [2.24, 2.45) is 0 Å². The molecular formula is C11H20N2OS. The van der Waals surface area contributed by atoms with Gasteiger partial charge in [0.15, 0.2) is 0 Å². The summed E-state index contributed by atoms with van der Waals surface area (Å²) in [4.78, 5) is 13.9. The highest BCUT2D eigenvalue weighted by molar-refractivity contribution is 8.00. The predicted molar refractivity (Wildman–Crippen MR) is 63.9 cm³/mol. The van der Waals surface area contributed by atoms with Crippen molar-refractivity contribution in [2.45, 2.75) is 43.4 Å². The van der Waals surface area contributed by atoms with Crippen LogP contribution in [0.5, 0.6) is 0 Å². The second kappa shape index (κ2) is 4.34. The Kier molecular flexibility index (Phi) is 3.26. The maximum atomic E-state index is 11.9. The molecule has 1 atom stereocenters. The van der Waals surface area contributed by atoms with Crippen molar-refractivity contribution in [1.82, 2.24) is 10.2 Å². The van der Waals surface area contributed by atoms with Crippen molar-refractivity contribution in [3.63, 3.8) is 0 Å². The summed E-state index contributed by atoms with van der Waals surface area (Å²) < 4.78 is 0.375. The average Bonchev–Trinajstić information content (AvgIpc) is 2.53. The molecule has 1 aliphatic carbocycles. The topological polar surface area (TPSA) is 32.3 Å². The minimum absolute atomic E-state index is 0.0731. The van der Waals surface area contributed by atoms with Crippen molar-refractivity contribution < 1.29 is 4.79 Å². The van der Waals surface area contributed by atoms with E-state index in [0.717, 1.165) is 19.6 Å². The number of nitrogens with one attached hydrogen (secondary N) is 1. The van der Waals surface area contributed by atoms with Gasteiger partial charge in [-0.2, -0.15) is 11.8 Å². The van der Waals surface area contributed by atoms with Gasteiger partial charge < -0.3 is 4.90 Å². The lowest BCUT2D eigenvalue weighted by Crippen LogP contribution is -2.46. The summed E-state index contributed by atoms with van der Waals surface area (Å²) in [6.07, 6.45) is 6.95. The van der Waals surface area contributed by atoms with Crippen molar-refractivity contribution in [2.75, 3.05) is 19.5 Å². The SMILES string of the molecule is CCC1NCN(CC2(SC)CCC2)C1=O. The molecule has 0 bridgehead atoms. The van der Waals surface area contributed by atoms with Gasteiger partial charge in [0.2, 0.25) is 5.91 Å². The van der Waals surface area contributed by atoms with Gasteiger partial charge >= 0.3 is 0 Å². The lowest BCUT2D eigenvalue weighted by Gasteiger charge is -2.42. The van der Waals surface area contributed by atoms with Crippen molar-refractivity contribution >= 4 is 17.7 Å². The van der Waals surface area contributed by atoms with Crippen molar-refractivity contribution in [3.8, 4) is 0 Å². The summed E-state index contributed by atoms with van der Waals surface area (Å²) in [6, 6.07) is 0.0731. The number of thioether (sulfide) groups is 1. The van der Waals surface area contributed by atoms with E-state index in [1.807, 2.05) is 16.7 Å². The van der Waals surface area contributed by atoms with Crippen LogP contribution in [-0.2, 0) is 4.79 Å². The Morgan fingerprint density at radius 3 is 2.73 bits per heavy atom. The molecule has 0 aromatic rings. The van der Waals surface area contributed by atoms with E-state index < -0.39 is 0 Å². The Morgan fingerprint density at radius 1 is 1.60 bits per heavy atom. The van der Waals surface area contributed by atoms with Crippen LogP contribution in [0.3, 0.4) is 0 Å². The number of hydrogen-bond donors (Lipinski definition) is 1. The Bertz CT molecular complexity index is 247. The molecule has 1 aliphatic heterocycles. The smallest absolute Gasteiger partial charge is 0.240 e. The highest BCUT2D eigenvalue weighted by atomic mass is 32.2. The van der Waals surface area contributed by atoms with E-state index in [1.54, 1.807) is 0 Å². The first kappa shape index (κ1) is 11.3. The van der Waals surface area contributed by atoms with Gasteiger partial charge in [-0.15, -0.1) is 0 Å². The number of nitrogens with zero attached hydrogens (tertiary/aromatic N) is 1. The van der Waals surface area contributed by atoms with E-state index in [0.29, 0.717) is 10.7 Å². The first-order valence-electron chi connectivity index (χ1n) is 5.78. The highest BCUT2D eigenvalue weighted by Crippen LogP contribution is 2.43. The zero-order valence-corrected chi connectivity index (χ0v) is 10.4. The molecule has 2 rings (SSSR count). The molecule has 0 spiro atoms. The number of carbonyl (C=O) groups excluding carboxylic acids is 1. The van der Waals surface area contributed by atoms with Crippen LogP contribution < -0.4 is 5.32 Å². The minimum Gasteiger partial charge on any atom is -0.327 e. The Hall–Kier alpha value is -0.220. The fraction of sp³-hybridized carbons (Fsp3) is 0.909. The molecule has 15 heavy (non-hydrogen) atoms. The van der Waals surface area contributed by atoms with E-state index in [4.69, 9.17) is 0 Å². The average molecular weight is 228 g/mol. The molecule has 1 unspecified atom stereocenters. The normalized spacial score (nSPS) is 29.3. The zero-order valence-electron chi connectivity index (χ0n) is 9.58. The van der Waals surface area contributed by atoms with E-state index in [9.17, 15) is 4.79 Å². The molecule has 1 saturated heterocycles. The molecular weight excluding hydrogens is 208 g/mol. The maximum Gasteiger partial charge on any atom is 0.240 e. The number of rotatable bonds is 4. The van der Waals surface area contributed by atoms with Gasteiger partial charge in [-0.05, 0) is 25.5 Å². The molecule has 2 aliphatic rings. The standard InChI is InChI=1S/C11H20N2OS/c1-3-9-10(14)13(8-12-9)7-11(15-2)5-4-6-11/h9,12H,3-8H2,1-2H3. The molecule has 0 radical (unpaired) electrons. The zero-order chi connectivity index (χ0) is 10.9. The summed E-state index contributed by atoms with van der Waals surface area (Å²) in [5.74, 6) is 0.304. The summed E-state index contributed by atoms with van der Waals surface area (Å²) in [6.45, 7) is 3.75. The minimum atomic E-state index is 0.0731. The predicted octanol–water partition coefficient (Wildman–Crippen LogP) is 1.44. The molecule has 1 N–H and O–H groups in total. The van der Waals surface area contributed by atoms with E-state index >= 15 is 0 Å². The number of carbonyl (C=O) groups is 1. The summed E-state index contributed by atoms with van der Waals surface area (Å²) in [5, 5.41) is 3.27. The molecule has 4 heteroatoms. The fourth-order valence-corrected chi connectivity index (χ4v) is 3.39. The largest absolute Gasteiger partial charge is 0.327 e. The van der Waals surface area contributed by atoms with Gasteiger partial charge in [-0.3, -0.25) is 10.1 Å². The van der Waals surface area contributed by atoms with Crippen LogP contribution >= 0.6 is 11.8 Å². The van der Waals surface area contributed by atoms with Gasteiger partial charge in [-0.1, -0.05) is 13.3 Å². The first-order valence-corrected chi connectivity index (χ1v) is 7.00. The molecule has 86 valence electrons. The van der Waals surface area contributed by atoms with Crippen molar-refractivity contribution in [3.05, 3.63) is 0 Å². The molecule has 3 nitrogen and oxygen atoms in total. The van der Waals surface area contributed by atoms with Crippen LogP contribution in [0, 0.1) is 0 Å². The van der Waals surface area contributed by atoms with Crippen LogP contribution in [0.4, 0.5) is 0 Å². The molecule has 1 amide bonds. The van der Waals surface area contributed by atoms with Crippen molar-refractivity contribution in [1.29, 1.82) is 0 Å². The van der Waals surface area contributed by atoms with E-state index in [-0.39, 0.29) is 6.04 Å². The maximum absolute atomic E-state index is 11.9. The Labute approximate surface area is 96.0 Å². The third-order valence-electron chi connectivity index (χ3n) is 3.72. The lowest BCUT2D eigenvalue weighted by molar-refractivity contribution is -0.129. The molecule has 0 aromatic heterocycles. The van der Waals surface area contributed by atoms with Crippen LogP contribution in [0.15, 0.2) is 0 Å². The molecule has 1 saturated carbocycles. The van der Waals surface area contributed by atoms with E-state index in [2.05, 4.69) is 18.5 Å². The third-order valence-corrected chi connectivity index (χ3v) is 5.13. The lowest BCUT2D eigenvalue weighted by atomic mass is 9.84. The second-order valence-electron chi connectivity index (χ2n) is 4.60. The van der Waals surface area contributed by atoms with Gasteiger partial charge in [0.1, 0.15) is 0 Å². The van der Waals surface area contributed by atoms with Gasteiger partial charge in [0.25, 0.3) is 0 Å². The van der Waals surface area contributed by atoms with E-state index in [1.165, 1.54) is 19.3 Å². The first-order chi connectivity index (χ1) is 7.21. The van der Waals surface area contributed by atoms with Crippen LogP contribution in [0.2, 0.25) is 0 Å². The summed E-state index contributed by atoms with van der Waals surface area (Å²) >= 11 is 1.94. The Morgan fingerprint density at radius 2 is 2.33 bits per heavy atom. The van der Waals surface area contributed by atoms with Crippen LogP contribution in [0.1, 0.15) is 32.6 Å². The molecule has 0 aromatic carbocycles. The highest BCUT2D eigenvalue weighted by Gasteiger charge is 2.41. The molecule has 1 heterocycles. The quantitative estimate of drug-likeness (QED) is 0.790.